The molecule has 2 aromatic rings. The maximum absolute atomic E-state index is 12.6. The zero-order valence-corrected chi connectivity index (χ0v) is 13.6. The number of hydrogen-bond acceptors (Lipinski definition) is 3. The molecule has 0 saturated heterocycles. The van der Waals surface area contributed by atoms with E-state index >= 15 is 0 Å². The molecule has 0 saturated carbocycles. The summed E-state index contributed by atoms with van der Waals surface area (Å²) < 4.78 is 0. The molecule has 0 aliphatic carbocycles. The minimum absolute atomic E-state index is 0.0517. The van der Waals surface area contributed by atoms with Gasteiger partial charge in [-0.3, -0.25) is 9.78 Å². The summed E-state index contributed by atoms with van der Waals surface area (Å²) in [6.45, 7) is 4.18. The minimum Gasteiger partial charge on any atom is -0.378 e. The van der Waals surface area contributed by atoms with Crippen LogP contribution in [0.1, 0.15) is 35.8 Å². The average Bonchev–Trinajstić information content (AvgIpc) is 2.53. The summed E-state index contributed by atoms with van der Waals surface area (Å²) in [4.78, 5) is 18.7. The first kappa shape index (κ1) is 16.0. The van der Waals surface area contributed by atoms with Gasteiger partial charge in [-0.25, -0.2) is 0 Å². The number of carbonyl (C=O) groups is 1. The van der Waals surface area contributed by atoms with Crippen LogP contribution in [0.5, 0.6) is 0 Å². The van der Waals surface area contributed by atoms with Crippen molar-refractivity contribution < 1.29 is 4.79 Å². The molecule has 0 radical (unpaired) electrons. The molecule has 0 fully saturated rings. The van der Waals surface area contributed by atoms with Crippen LogP contribution in [0.3, 0.4) is 0 Å². The van der Waals surface area contributed by atoms with E-state index in [1.165, 1.54) is 0 Å². The zero-order valence-electron chi connectivity index (χ0n) is 13.6. The second kappa shape index (κ2) is 7.07. The second-order valence-electron chi connectivity index (χ2n) is 5.93. The average molecular weight is 297 g/mol. The number of anilines is 1. The molecule has 1 aromatic heterocycles. The molecule has 1 unspecified atom stereocenters. The maximum Gasteiger partial charge on any atom is 0.251 e. The number of pyridine rings is 1. The molecular formula is C18H23N3O. The summed E-state index contributed by atoms with van der Waals surface area (Å²) in [6, 6.07) is 11.5. The minimum atomic E-state index is -0.0637. The van der Waals surface area contributed by atoms with Crippen molar-refractivity contribution >= 4 is 11.6 Å². The fourth-order valence-corrected chi connectivity index (χ4v) is 2.34. The maximum atomic E-state index is 12.6. The molecule has 2 rings (SSSR count). The number of benzene rings is 1. The highest BCUT2D eigenvalue weighted by atomic mass is 16.1. The predicted octanol–water partition coefficient (Wildman–Crippen LogP) is 3.27. The number of amides is 1. The number of aromatic nitrogens is 1. The monoisotopic (exact) mass is 297 g/mol. The van der Waals surface area contributed by atoms with Crippen molar-refractivity contribution in [2.45, 2.75) is 19.9 Å². The molecular weight excluding hydrogens is 274 g/mol. The van der Waals surface area contributed by atoms with Gasteiger partial charge in [-0.05, 0) is 35.7 Å². The van der Waals surface area contributed by atoms with Crippen molar-refractivity contribution in [1.82, 2.24) is 10.3 Å². The molecule has 0 aliphatic rings. The van der Waals surface area contributed by atoms with E-state index in [1.807, 2.05) is 55.4 Å². The Morgan fingerprint density at radius 2 is 1.95 bits per heavy atom. The lowest BCUT2D eigenvalue weighted by Gasteiger charge is -2.23. The third-order valence-corrected chi connectivity index (χ3v) is 3.62. The third kappa shape index (κ3) is 3.85. The smallest absolute Gasteiger partial charge is 0.251 e. The first-order valence-electron chi connectivity index (χ1n) is 7.47. The van der Waals surface area contributed by atoms with Crippen LogP contribution in [0.25, 0.3) is 0 Å². The van der Waals surface area contributed by atoms with E-state index < -0.39 is 0 Å². The normalized spacial score (nSPS) is 12.0. The number of nitrogens with zero attached hydrogens (tertiary/aromatic N) is 2. The Morgan fingerprint density at radius 1 is 1.18 bits per heavy atom. The highest BCUT2D eigenvalue weighted by Crippen LogP contribution is 2.22. The SMILES string of the molecule is CC(C)C(NC(=O)c1cccc(N(C)C)c1)c1cccnc1. The lowest BCUT2D eigenvalue weighted by Crippen LogP contribution is -2.31. The molecule has 4 heteroatoms. The van der Waals surface area contributed by atoms with E-state index in [4.69, 9.17) is 0 Å². The molecule has 1 amide bonds. The highest BCUT2D eigenvalue weighted by molar-refractivity contribution is 5.95. The summed E-state index contributed by atoms with van der Waals surface area (Å²) in [5.74, 6) is 0.219. The lowest BCUT2D eigenvalue weighted by atomic mass is 9.97. The van der Waals surface area contributed by atoms with E-state index in [1.54, 1.807) is 12.4 Å². The molecule has 0 aliphatic heterocycles. The Hall–Kier alpha value is -2.36. The molecule has 116 valence electrons. The van der Waals surface area contributed by atoms with E-state index in [2.05, 4.69) is 24.1 Å². The van der Waals surface area contributed by atoms with Gasteiger partial charge in [0.25, 0.3) is 5.91 Å². The second-order valence-corrected chi connectivity index (χ2v) is 5.93. The van der Waals surface area contributed by atoms with Crippen molar-refractivity contribution in [2.24, 2.45) is 5.92 Å². The van der Waals surface area contributed by atoms with Gasteiger partial charge < -0.3 is 10.2 Å². The molecule has 22 heavy (non-hydrogen) atoms. The van der Waals surface area contributed by atoms with Crippen LogP contribution in [-0.4, -0.2) is 25.0 Å². The van der Waals surface area contributed by atoms with Crippen molar-refractivity contribution in [3.63, 3.8) is 0 Å². The van der Waals surface area contributed by atoms with Gasteiger partial charge in [-0.2, -0.15) is 0 Å². The largest absolute Gasteiger partial charge is 0.378 e. The number of rotatable bonds is 5. The molecule has 0 spiro atoms. The Bertz CT molecular complexity index is 623. The van der Waals surface area contributed by atoms with Gasteiger partial charge in [-0.15, -0.1) is 0 Å². The Labute approximate surface area is 132 Å². The molecule has 0 bridgehead atoms. The summed E-state index contributed by atoms with van der Waals surface area (Å²) in [7, 11) is 3.92. The fraction of sp³-hybridized carbons (Fsp3) is 0.333. The van der Waals surface area contributed by atoms with Crippen LogP contribution >= 0.6 is 0 Å². The van der Waals surface area contributed by atoms with Crippen LogP contribution in [0.2, 0.25) is 0 Å². The molecule has 1 aromatic carbocycles. The van der Waals surface area contributed by atoms with Gasteiger partial charge in [0.15, 0.2) is 0 Å². The van der Waals surface area contributed by atoms with E-state index in [9.17, 15) is 4.79 Å². The Balaban J connectivity index is 2.20. The van der Waals surface area contributed by atoms with E-state index in [0.717, 1.165) is 11.3 Å². The Kier molecular flexibility index (Phi) is 5.15. The first-order chi connectivity index (χ1) is 10.5. The number of nitrogens with one attached hydrogen (secondary N) is 1. The fourth-order valence-electron chi connectivity index (χ4n) is 2.34. The molecule has 1 heterocycles. The number of carbonyl (C=O) groups excluding carboxylic acids is 1. The van der Waals surface area contributed by atoms with E-state index in [-0.39, 0.29) is 17.9 Å². The quantitative estimate of drug-likeness (QED) is 0.921. The molecule has 4 nitrogen and oxygen atoms in total. The summed E-state index contributed by atoms with van der Waals surface area (Å²) in [5, 5.41) is 3.12. The van der Waals surface area contributed by atoms with Crippen LogP contribution in [-0.2, 0) is 0 Å². The van der Waals surface area contributed by atoms with Crippen LogP contribution < -0.4 is 10.2 Å². The first-order valence-corrected chi connectivity index (χ1v) is 7.47. The summed E-state index contributed by atoms with van der Waals surface area (Å²) in [6.07, 6.45) is 3.55. The summed E-state index contributed by atoms with van der Waals surface area (Å²) >= 11 is 0. The van der Waals surface area contributed by atoms with Gasteiger partial charge >= 0.3 is 0 Å². The van der Waals surface area contributed by atoms with Crippen molar-refractivity contribution in [3.05, 3.63) is 59.9 Å². The third-order valence-electron chi connectivity index (χ3n) is 3.62. The standard InChI is InChI=1S/C18H23N3O/c1-13(2)17(15-8-6-10-19-12-15)20-18(22)14-7-5-9-16(11-14)21(3)4/h5-13,17H,1-4H3,(H,20,22). The summed E-state index contributed by atoms with van der Waals surface area (Å²) in [5.41, 5.74) is 2.70. The topological polar surface area (TPSA) is 45.2 Å². The van der Waals surface area contributed by atoms with Crippen molar-refractivity contribution in [3.8, 4) is 0 Å². The van der Waals surface area contributed by atoms with Gasteiger partial charge in [0, 0.05) is 37.7 Å². The van der Waals surface area contributed by atoms with E-state index in [0.29, 0.717) is 5.56 Å². The van der Waals surface area contributed by atoms with Crippen LogP contribution in [0, 0.1) is 5.92 Å². The Morgan fingerprint density at radius 3 is 2.55 bits per heavy atom. The molecule has 1 N–H and O–H groups in total. The lowest BCUT2D eigenvalue weighted by molar-refractivity contribution is 0.0925. The highest BCUT2D eigenvalue weighted by Gasteiger charge is 2.19. The van der Waals surface area contributed by atoms with Crippen molar-refractivity contribution in [1.29, 1.82) is 0 Å². The van der Waals surface area contributed by atoms with Gasteiger partial charge in [0.1, 0.15) is 0 Å². The van der Waals surface area contributed by atoms with Gasteiger partial charge in [-0.1, -0.05) is 26.0 Å². The molecule has 1 atom stereocenters. The van der Waals surface area contributed by atoms with Crippen molar-refractivity contribution in [2.75, 3.05) is 19.0 Å². The zero-order chi connectivity index (χ0) is 16.1. The van der Waals surface area contributed by atoms with Crippen LogP contribution in [0.15, 0.2) is 48.8 Å². The number of hydrogen-bond donors (Lipinski definition) is 1. The van der Waals surface area contributed by atoms with Crippen LogP contribution in [0.4, 0.5) is 5.69 Å². The van der Waals surface area contributed by atoms with Gasteiger partial charge in [0.2, 0.25) is 0 Å². The van der Waals surface area contributed by atoms with Gasteiger partial charge in [0.05, 0.1) is 6.04 Å². The predicted molar refractivity (Wildman–Crippen MR) is 90.1 cm³/mol.